The number of carbonyl (C=O) groups excluding carboxylic acids is 2. The van der Waals surface area contributed by atoms with Gasteiger partial charge >= 0.3 is 11.9 Å². The molecule has 0 saturated carbocycles. The van der Waals surface area contributed by atoms with Crippen LogP contribution in [0.2, 0.25) is 0 Å². The molecule has 0 saturated heterocycles. The quantitative estimate of drug-likeness (QED) is 0.305. The second kappa shape index (κ2) is 16.8. The van der Waals surface area contributed by atoms with Crippen LogP contribution in [-0.2, 0) is 19.1 Å². The van der Waals surface area contributed by atoms with Crippen molar-refractivity contribution in [3.05, 3.63) is 24.3 Å². The van der Waals surface area contributed by atoms with Gasteiger partial charge in [-0.15, -0.1) is 0 Å². The molecule has 0 aromatic carbocycles. The molecule has 0 radical (unpaired) electrons. The third-order valence-corrected chi connectivity index (χ3v) is 2.95. The number of hydrogen-bond acceptors (Lipinski definition) is 4. The van der Waals surface area contributed by atoms with Crippen LogP contribution in [-0.4, -0.2) is 25.2 Å². The Kier molecular flexibility index (Phi) is 17.3. The minimum Gasteiger partial charge on any atom is -0.459 e. The van der Waals surface area contributed by atoms with Crippen LogP contribution < -0.4 is 0 Å². The molecule has 4 nitrogen and oxygen atoms in total. The van der Waals surface area contributed by atoms with Gasteiger partial charge in [0, 0.05) is 11.1 Å². The van der Waals surface area contributed by atoms with Crippen LogP contribution in [0, 0.1) is 0 Å². The van der Waals surface area contributed by atoms with Crippen molar-refractivity contribution in [2.24, 2.45) is 0 Å². The van der Waals surface area contributed by atoms with Crippen molar-refractivity contribution >= 4 is 11.9 Å². The Morgan fingerprint density at radius 1 is 0.696 bits per heavy atom. The van der Waals surface area contributed by atoms with E-state index in [0.29, 0.717) is 11.1 Å². The van der Waals surface area contributed by atoms with Gasteiger partial charge in [0.05, 0.1) is 0 Å². The van der Waals surface area contributed by atoms with Gasteiger partial charge in [-0.2, -0.15) is 0 Å². The average Bonchev–Trinajstić information content (AvgIpc) is 2.51. The third kappa shape index (κ3) is 18.4. The Balaban J connectivity index is 0. The maximum Gasteiger partial charge on any atom is 0.333 e. The first-order chi connectivity index (χ1) is 10.9. The summed E-state index contributed by atoms with van der Waals surface area (Å²) in [6.45, 7) is 14.5. The maximum absolute atomic E-state index is 10.8. The van der Waals surface area contributed by atoms with Crippen LogP contribution in [0.4, 0.5) is 0 Å². The summed E-state index contributed by atoms with van der Waals surface area (Å²) in [7, 11) is 0. The van der Waals surface area contributed by atoms with Crippen molar-refractivity contribution in [3.63, 3.8) is 0 Å². The monoisotopic (exact) mass is 326 g/mol. The SMILES string of the molecule is C=C(C)C(=O)OCCOC(=O)C(=C)C.CCCCCCCCC. The molecule has 0 unspecified atom stereocenters. The largest absolute Gasteiger partial charge is 0.459 e. The molecular formula is C19H34O4. The Morgan fingerprint density at radius 3 is 1.26 bits per heavy atom. The molecule has 0 bridgehead atoms. The highest BCUT2D eigenvalue weighted by Gasteiger charge is 2.05. The fraction of sp³-hybridized carbons (Fsp3) is 0.684. The molecule has 4 heteroatoms. The van der Waals surface area contributed by atoms with Gasteiger partial charge in [0.15, 0.2) is 0 Å². The van der Waals surface area contributed by atoms with Crippen LogP contribution >= 0.6 is 0 Å². The highest BCUT2D eigenvalue weighted by molar-refractivity contribution is 5.87. The highest BCUT2D eigenvalue weighted by atomic mass is 16.6. The third-order valence-electron chi connectivity index (χ3n) is 2.95. The molecule has 0 fully saturated rings. The topological polar surface area (TPSA) is 52.6 Å². The van der Waals surface area contributed by atoms with Crippen molar-refractivity contribution in [2.45, 2.75) is 72.6 Å². The molecule has 0 aromatic rings. The molecule has 0 spiro atoms. The van der Waals surface area contributed by atoms with E-state index in [9.17, 15) is 9.59 Å². The molecule has 0 rings (SSSR count). The van der Waals surface area contributed by atoms with Crippen molar-refractivity contribution in [1.29, 1.82) is 0 Å². The summed E-state index contributed by atoms with van der Waals surface area (Å²) in [4.78, 5) is 21.7. The summed E-state index contributed by atoms with van der Waals surface area (Å²) < 4.78 is 9.38. The van der Waals surface area contributed by atoms with E-state index in [-0.39, 0.29) is 13.2 Å². The van der Waals surface area contributed by atoms with E-state index in [1.807, 2.05) is 0 Å². The van der Waals surface area contributed by atoms with Crippen LogP contribution in [0.25, 0.3) is 0 Å². The van der Waals surface area contributed by atoms with Crippen LogP contribution in [0.1, 0.15) is 72.6 Å². The molecule has 0 atom stereocenters. The standard InChI is InChI=1S/C10H14O4.C9H20/c1-7(2)9(11)13-5-6-14-10(12)8(3)4;1-3-5-7-9-8-6-4-2/h1,3,5-6H2,2,4H3;3-9H2,1-2H3. The predicted molar refractivity (Wildman–Crippen MR) is 95.2 cm³/mol. The highest BCUT2D eigenvalue weighted by Crippen LogP contribution is 2.05. The lowest BCUT2D eigenvalue weighted by Gasteiger charge is -2.05. The lowest BCUT2D eigenvalue weighted by molar-refractivity contribution is -0.147. The van der Waals surface area contributed by atoms with E-state index >= 15 is 0 Å². The number of esters is 2. The normalized spacial score (nSPS) is 9.39. The van der Waals surface area contributed by atoms with Crippen molar-refractivity contribution in [1.82, 2.24) is 0 Å². The predicted octanol–water partition coefficient (Wildman–Crippen LogP) is 4.98. The summed E-state index contributed by atoms with van der Waals surface area (Å²) in [6.07, 6.45) is 9.97. The fourth-order valence-corrected chi connectivity index (χ4v) is 1.55. The first-order valence-corrected chi connectivity index (χ1v) is 8.52. The van der Waals surface area contributed by atoms with Crippen molar-refractivity contribution in [2.75, 3.05) is 13.2 Å². The van der Waals surface area contributed by atoms with Crippen LogP contribution in [0.15, 0.2) is 24.3 Å². The van der Waals surface area contributed by atoms with Gasteiger partial charge in [0.2, 0.25) is 0 Å². The van der Waals surface area contributed by atoms with E-state index in [0.717, 1.165) is 0 Å². The zero-order valence-corrected chi connectivity index (χ0v) is 15.4. The molecule has 0 aliphatic carbocycles. The molecule has 0 N–H and O–H groups in total. The Hall–Kier alpha value is -1.58. The first-order valence-electron chi connectivity index (χ1n) is 8.52. The molecule has 0 heterocycles. The number of rotatable bonds is 11. The zero-order valence-electron chi connectivity index (χ0n) is 15.4. The van der Waals surface area contributed by atoms with Gasteiger partial charge in [-0.1, -0.05) is 72.0 Å². The Labute approximate surface area is 141 Å². The van der Waals surface area contributed by atoms with Gasteiger partial charge in [0.1, 0.15) is 13.2 Å². The lowest BCUT2D eigenvalue weighted by Crippen LogP contribution is -2.14. The lowest BCUT2D eigenvalue weighted by atomic mass is 10.1. The molecule has 134 valence electrons. The van der Waals surface area contributed by atoms with E-state index in [1.165, 1.54) is 44.9 Å². The molecular weight excluding hydrogens is 292 g/mol. The smallest absolute Gasteiger partial charge is 0.333 e. The second-order valence-corrected chi connectivity index (χ2v) is 5.60. The van der Waals surface area contributed by atoms with E-state index in [2.05, 4.69) is 36.5 Å². The molecule has 0 aromatic heterocycles. The van der Waals surface area contributed by atoms with Crippen molar-refractivity contribution in [3.8, 4) is 0 Å². The summed E-state index contributed by atoms with van der Waals surface area (Å²) in [6, 6.07) is 0. The minimum atomic E-state index is -0.489. The van der Waals surface area contributed by atoms with Gasteiger partial charge in [-0.05, 0) is 13.8 Å². The van der Waals surface area contributed by atoms with E-state index in [1.54, 1.807) is 13.8 Å². The number of ether oxygens (including phenoxy) is 2. The van der Waals surface area contributed by atoms with E-state index < -0.39 is 11.9 Å². The average molecular weight is 326 g/mol. The summed E-state index contributed by atoms with van der Waals surface area (Å²) in [5.74, 6) is -0.979. The number of carbonyl (C=O) groups is 2. The van der Waals surface area contributed by atoms with Gasteiger partial charge < -0.3 is 9.47 Å². The summed E-state index contributed by atoms with van der Waals surface area (Å²) in [5.41, 5.74) is 0.632. The van der Waals surface area contributed by atoms with Gasteiger partial charge in [-0.3, -0.25) is 0 Å². The fourth-order valence-electron chi connectivity index (χ4n) is 1.55. The van der Waals surface area contributed by atoms with Crippen LogP contribution in [0.5, 0.6) is 0 Å². The first kappa shape index (κ1) is 23.7. The second-order valence-electron chi connectivity index (χ2n) is 5.60. The number of hydrogen-bond donors (Lipinski definition) is 0. The molecule has 0 aliphatic heterocycles. The Bertz CT molecular complexity index is 324. The zero-order chi connectivity index (χ0) is 18.1. The van der Waals surface area contributed by atoms with Gasteiger partial charge in [0.25, 0.3) is 0 Å². The molecule has 0 amide bonds. The van der Waals surface area contributed by atoms with Crippen LogP contribution in [0.3, 0.4) is 0 Å². The minimum absolute atomic E-state index is 0.0325. The summed E-state index contributed by atoms with van der Waals surface area (Å²) >= 11 is 0. The number of unbranched alkanes of at least 4 members (excludes halogenated alkanes) is 6. The molecule has 23 heavy (non-hydrogen) atoms. The summed E-state index contributed by atoms with van der Waals surface area (Å²) in [5, 5.41) is 0. The van der Waals surface area contributed by atoms with E-state index in [4.69, 9.17) is 0 Å². The Morgan fingerprint density at radius 2 is 1.00 bits per heavy atom. The molecule has 0 aliphatic rings. The van der Waals surface area contributed by atoms with Crippen molar-refractivity contribution < 1.29 is 19.1 Å². The maximum atomic E-state index is 10.8. The van der Waals surface area contributed by atoms with Gasteiger partial charge in [-0.25, -0.2) is 9.59 Å².